The van der Waals surface area contributed by atoms with Crippen LogP contribution in [0.25, 0.3) is 66.6 Å². The lowest BCUT2D eigenvalue weighted by atomic mass is 10.0. The van der Waals surface area contributed by atoms with Gasteiger partial charge in [0.2, 0.25) is 0 Å². The Hall–Kier alpha value is -8.16. The number of hydrogen-bond donors (Lipinski definition) is 1. The van der Waals surface area contributed by atoms with Crippen molar-refractivity contribution in [1.29, 1.82) is 5.41 Å². The van der Waals surface area contributed by atoms with E-state index in [2.05, 4.69) is 175 Å². The second-order valence-electron chi connectivity index (χ2n) is 14.3. The van der Waals surface area contributed by atoms with Gasteiger partial charge in [0.1, 0.15) is 0 Å². The van der Waals surface area contributed by atoms with Gasteiger partial charge in [-0.15, -0.1) is 0 Å². The van der Waals surface area contributed by atoms with Crippen LogP contribution in [-0.2, 0) is 0 Å². The predicted molar refractivity (Wildman–Crippen MR) is 244 cm³/mol. The van der Waals surface area contributed by atoms with E-state index in [1.54, 1.807) is 18.5 Å². The Balaban J connectivity index is 1.06. The van der Waals surface area contributed by atoms with Crippen LogP contribution in [0.2, 0.25) is 0 Å². The quantitative estimate of drug-likeness (QED) is 0.118. The highest BCUT2D eigenvalue weighted by molar-refractivity contribution is 6.14. The minimum absolute atomic E-state index is 0.179. The molecule has 7 heteroatoms. The minimum Gasteiger partial charge on any atom is -0.317 e. The van der Waals surface area contributed by atoms with Gasteiger partial charge in [0.05, 0.1) is 16.6 Å². The number of fused-ring (bicyclic) bond motifs is 4. The summed E-state index contributed by atoms with van der Waals surface area (Å²) in [6.45, 7) is 3.68. The first-order valence-electron chi connectivity index (χ1n) is 19.5. The molecule has 3 aromatic heterocycles. The van der Waals surface area contributed by atoms with Crippen LogP contribution in [0.1, 0.15) is 5.56 Å². The standard InChI is InChI=1S/C52H37N7/c1-2-29-54-51(53)37-16-23-44(24-17-37)58(45-25-18-38(19-26-45)52-55-30-9-31-56-52)43-21-14-36(15-22-43)39-20-27-48-46(33-39)47-35-49-40(28-32-57(49)41-10-5-3-6-11-41)34-50(47)59(48)42-12-7-4-8-13-42/h2-35,53H,1H2. The highest BCUT2D eigenvalue weighted by Gasteiger charge is 2.18. The number of allylic oxidation sites excluding steroid dienone is 1. The third-order valence-electron chi connectivity index (χ3n) is 10.7. The number of amidine groups is 1. The van der Waals surface area contributed by atoms with Crippen LogP contribution in [-0.4, -0.2) is 31.2 Å². The summed E-state index contributed by atoms with van der Waals surface area (Å²) in [4.78, 5) is 15.3. The summed E-state index contributed by atoms with van der Waals surface area (Å²) in [6.07, 6.45) is 8.77. The lowest BCUT2D eigenvalue weighted by Gasteiger charge is -2.26. The normalized spacial score (nSPS) is 11.5. The van der Waals surface area contributed by atoms with Crippen LogP contribution in [0.15, 0.2) is 212 Å². The van der Waals surface area contributed by atoms with E-state index in [0.717, 1.165) is 56.2 Å². The third kappa shape index (κ3) is 6.56. The summed E-state index contributed by atoms with van der Waals surface area (Å²) in [5.41, 5.74) is 12.6. The molecule has 3 heterocycles. The number of aromatic nitrogens is 4. The van der Waals surface area contributed by atoms with Crippen molar-refractivity contribution >= 4 is 61.8 Å². The predicted octanol–water partition coefficient (Wildman–Crippen LogP) is 12.9. The van der Waals surface area contributed by atoms with Gasteiger partial charge in [-0.25, -0.2) is 15.0 Å². The van der Waals surface area contributed by atoms with Crippen LogP contribution < -0.4 is 4.90 Å². The second-order valence-corrected chi connectivity index (χ2v) is 14.3. The lowest BCUT2D eigenvalue weighted by molar-refractivity contribution is 1.13. The molecule has 0 saturated heterocycles. The maximum atomic E-state index is 8.39. The lowest BCUT2D eigenvalue weighted by Crippen LogP contribution is -2.10. The fourth-order valence-electron chi connectivity index (χ4n) is 7.92. The van der Waals surface area contributed by atoms with Gasteiger partial charge < -0.3 is 14.0 Å². The molecule has 10 aromatic rings. The molecule has 0 aliphatic rings. The van der Waals surface area contributed by atoms with E-state index < -0.39 is 0 Å². The zero-order chi connectivity index (χ0) is 39.7. The molecular weight excluding hydrogens is 723 g/mol. The molecular formula is C52H37N7. The van der Waals surface area contributed by atoms with Gasteiger partial charge in [-0.3, -0.25) is 5.41 Å². The van der Waals surface area contributed by atoms with Crippen molar-refractivity contribution in [3.63, 3.8) is 0 Å². The fraction of sp³-hybridized carbons (Fsp3) is 0. The third-order valence-corrected chi connectivity index (χ3v) is 10.7. The number of rotatable bonds is 9. The van der Waals surface area contributed by atoms with Crippen LogP contribution in [0.5, 0.6) is 0 Å². The molecule has 0 spiro atoms. The highest BCUT2D eigenvalue weighted by Crippen LogP contribution is 2.40. The maximum absolute atomic E-state index is 8.39. The Morgan fingerprint density at radius 1 is 0.559 bits per heavy atom. The minimum atomic E-state index is 0.179. The van der Waals surface area contributed by atoms with Gasteiger partial charge >= 0.3 is 0 Å². The van der Waals surface area contributed by atoms with E-state index in [1.807, 2.05) is 42.5 Å². The molecule has 0 unspecified atom stereocenters. The summed E-state index contributed by atoms with van der Waals surface area (Å²) >= 11 is 0. The number of hydrogen-bond acceptors (Lipinski definition) is 4. The first kappa shape index (κ1) is 35.3. The second kappa shape index (κ2) is 15.1. The number of aliphatic imine (C=N–C) groups is 1. The Kier molecular flexibility index (Phi) is 9.00. The van der Waals surface area contributed by atoms with Crippen LogP contribution >= 0.6 is 0 Å². The van der Waals surface area contributed by atoms with Crippen molar-refractivity contribution in [3.05, 3.63) is 213 Å². The van der Waals surface area contributed by atoms with E-state index in [0.29, 0.717) is 5.82 Å². The number of nitrogens with zero attached hydrogens (tertiary/aromatic N) is 6. The molecule has 0 aliphatic heterocycles. The Labute approximate surface area is 341 Å². The summed E-state index contributed by atoms with van der Waals surface area (Å²) < 4.78 is 4.65. The molecule has 0 amide bonds. The van der Waals surface area contributed by atoms with E-state index in [-0.39, 0.29) is 5.84 Å². The van der Waals surface area contributed by atoms with Crippen molar-refractivity contribution < 1.29 is 0 Å². The number of para-hydroxylation sites is 2. The van der Waals surface area contributed by atoms with Gasteiger partial charge in [0.15, 0.2) is 11.7 Å². The molecule has 7 aromatic carbocycles. The molecule has 280 valence electrons. The zero-order valence-corrected chi connectivity index (χ0v) is 32.0. The van der Waals surface area contributed by atoms with Crippen molar-refractivity contribution in [3.8, 4) is 33.9 Å². The van der Waals surface area contributed by atoms with Crippen LogP contribution in [0.3, 0.4) is 0 Å². The maximum Gasteiger partial charge on any atom is 0.159 e. The van der Waals surface area contributed by atoms with Crippen LogP contribution in [0, 0.1) is 5.41 Å². The van der Waals surface area contributed by atoms with Gasteiger partial charge in [0, 0.05) is 80.5 Å². The molecule has 0 fully saturated rings. The van der Waals surface area contributed by atoms with Crippen molar-refractivity contribution in [2.24, 2.45) is 4.99 Å². The van der Waals surface area contributed by atoms with Gasteiger partial charge in [0.25, 0.3) is 0 Å². The molecule has 59 heavy (non-hydrogen) atoms. The first-order valence-corrected chi connectivity index (χ1v) is 19.5. The SMILES string of the molecule is C=CC=NC(=N)c1ccc(N(c2ccc(-c3ccc4c(c3)c3cc5c(ccn5-c5ccccc5)cc3n4-c3ccccc3)cc2)c2ccc(-c3ncccn3)cc2)cc1. The number of benzene rings is 7. The average Bonchev–Trinajstić information content (AvgIpc) is 3.87. The Bertz CT molecular complexity index is 3150. The zero-order valence-electron chi connectivity index (χ0n) is 32.0. The van der Waals surface area contributed by atoms with Crippen molar-refractivity contribution in [1.82, 2.24) is 19.1 Å². The number of nitrogens with one attached hydrogen (secondary N) is 1. The summed E-state index contributed by atoms with van der Waals surface area (Å²) in [5, 5.41) is 12.0. The number of anilines is 3. The Morgan fingerprint density at radius 3 is 1.81 bits per heavy atom. The van der Waals surface area contributed by atoms with E-state index in [4.69, 9.17) is 5.41 Å². The molecule has 0 atom stereocenters. The monoisotopic (exact) mass is 759 g/mol. The molecule has 0 bridgehead atoms. The smallest absolute Gasteiger partial charge is 0.159 e. The first-order chi connectivity index (χ1) is 29.1. The van der Waals surface area contributed by atoms with E-state index >= 15 is 0 Å². The topological polar surface area (TPSA) is 75.1 Å². The van der Waals surface area contributed by atoms with Gasteiger partial charge in [-0.05, 0) is 132 Å². The molecule has 0 aliphatic carbocycles. The summed E-state index contributed by atoms with van der Waals surface area (Å²) in [5.74, 6) is 0.856. The summed E-state index contributed by atoms with van der Waals surface area (Å²) in [6, 6.07) is 61.5. The molecule has 0 radical (unpaired) electrons. The van der Waals surface area contributed by atoms with Crippen molar-refractivity contribution in [2.75, 3.05) is 4.90 Å². The molecule has 10 rings (SSSR count). The average molecular weight is 760 g/mol. The van der Waals surface area contributed by atoms with E-state index in [1.165, 1.54) is 33.4 Å². The largest absolute Gasteiger partial charge is 0.317 e. The van der Waals surface area contributed by atoms with Gasteiger partial charge in [-0.2, -0.15) is 0 Å². The molecule has 7 nitrogen and oxygen atoms in total. The Morgan fingerprint density at radius 2 is 1.15 bits per heavy atom. The fourth-order valence-corrected chi connectivity index (χ4v) is 7.92. The molecule has 1 N–H and O–H groups in total. The molecule has 0 saturated carbocycles. The van der Waals surface area contributed by atoms with Gasteiger partial charge in [-0.1, -0.05) is 67.3 Å². The van der Waals surface area contributed by atoms with Crippen LogP contribution in [0.4, 0.5) is 17.1 Å². The summed E-state index contributed by atoms with van der Waals surface area (Å²) in [7, 11) is 0. The van der Waals surface area contributed by atoms with E-state index in [9.17, 15) is 0 Å². The highest BCUT2D eigenvalue weighted by atomic mass is 15.1. The van der Waals surface area contributed by atoms with Crippen molar-refractivity contribution in [2.45, 2.75) is 0 Å².